The molecule has 0 aromatic heterocycles. The number of aromatic hydroxyl groups is 1. The monoisotopic (exact) mass is 196 g/mol. The van der Waals surface area contributed by atoms with Gasteiger partial charge >= 0.3 is 0 Å². The second-order valence-electron chi connectivity index (χ2n) is 2.23. The minimum atomic E-state index is -0.678. The average molecular weight is 197 g/mol. The molecule has 0 saturated heterocycles. The Morgan fingerprint density at radius 3 is 2.92 bits per heavy atom. The summed E-state index contributed by atoms with van der Waals surface area (Å²) in [6.07, 6.45) is 1.46. The van der Waals surface area contributed by atoms with Gasteiger partial charge in [-0.05, 0) is 18.2 Å². The molecule has 0 atom stereocenters. The van der Waals surface area contributed by atoms with Crippen molar-refractivity contribution in [2.45, 2.75) is 0 Å². The van der Waals surface area contributed by atoms with Crippen LogP contribution >= 0.6 is 11.6 Å². The molecule has 0 spiro atoms. The highest BCUT2D eigenvalue weighted by molar-refractivity contribution is 6.31. The fourth-order valence-corrected chi connectivity index (χ4v) is 0.980. The topological polar surface area (TPSA) is 73.1 Å². The minimum Gasteiger partial charge on any atom is -0.507 e. The van der Waals surface area contributed by atoms with Crippen LogP contribution < -0.4 is 5.32 Å². The van der Waals surface area contributed by atoms with E-state index in [0.717, 1.165) is 0 Å². The van der Waals surface area contributed by atoms with Crippen molar-refractivity contribution in [3.8, 4) is 11.9 Å². The molecule has 0 unspecified atom stereocenters. The first-order valence-corrected chi connectivity index (χ1v) is 3.71. The summed E-state index contributed by atoms with van der Waals surface area (Å²) in [5, 5.41) is 19.6. The van der Waals surface area contributed by atoms with Gasteiger partial charge in [0.25, 0.3) is 5.91 Å². The number of hydrogen-bond acceptors (Lipinski definition) is 3. The summed E-state index contributed by atoms with van der Waals surface area (Å²) in [5.74, 6) is -0.889. The van der Waals surface area contributed by atoms with E-state index in [1.807, 2.05) is 5.32 Å². The van der Waals surface area contributed by atoms with E-state index in [4.69, 9.17) is 16.9 Å². The fourth-order valence-electron chi connectivity index (χ4n) is 0.808. The zero-order valence-corrected chi connectivity index (χ0v) is 7.17. The highest BCUT2D eigenvalue weighted by Crippen LogP contribution is 2.20. The van der Waals surface area contributed by atoms with Crippen LogP contribution in [0.5, 0.6) is 5.75 Å². The number of halogens is 1. The molecule has 4 nitrogen and oxygen atoms in total. The molecule has 2 N–H and O–H groups in total. The number of carbonyl (C=O) groups is 1. The molecule has 66 valence electrons. The van der Waals surface area contributed by atoms with Crippen molar-refractivity contribution in [3.63, 3.8) is 0 Å². The SMILES string of the molecule is N#CNC(=O)c1cc(Cl)ccc1O. The number of benzene rings is 1. The standard InChI is InChI=1S/C8H5ClN2O2/c9-5-1-2-7(12)6(3-5)8(13)11-4-10/h1-3,12H,(H,11,13). The lowest BCUT2D eigenvalue weighted by atomic mass is 10.2. The predicted molar refractivity (Wildman–Crippen MR) is 46.2 cm³/mol. The lowest BCUT2D eigenvalue weighted by molar-refractivity contribution is 0.0970. The van der Waals surface area contributed by atoms with E-state index in [2.05, 4.69) is 0 Å². The van der Waals surface area contributed by atoms with Crippen molar-refractivity contribution in [2.75, 3.05) is 0 Å². The van der Waals surface area contributed by atoms with Gasteiger partial charge in [0.1, 0.15) is 5.75 Å². The highest BCUT2D eigenvalue weighted by atomic mass is 35.5. The number of carbonyl (C=O) groups excluding carboxylic acids is 1. The minimum absolute atomic E-state index is 0.0194. The second kappa shape index (κ2) is 3.78. The van der Waals surface area contributed by atoms with Gasteiger partial charge in [-0.3, -0.25) is 10.1 Å². The van der Waals surface area contributed by atoms with Crippen molar-refractivity contribution >= 4 is 17.5 Å². The van der Waals surface area contributed by atoms with E-state index < -0.39 is 5.91 Å². The van der Waals surface area contributed by atoms with Crippen LogP contribution in [0.25, 0.3) is 0 Å². The molecule has 0 aliphatic heterocycles. The number of phenols is 1. The molecular formula is C8H5ClN2O2. The molecule has 1 amide bonds. The normalized spacial score (nSPS) is 8.92. The van der Waals surface area contributed by atoms with Gasteiger partial charge < -0.3 is 5.11 Å². The summed E-state index contributed by atoms with van der Waals surface area (Å²) in [6, 6.07) is 4.01. The highest BCUT2D eigenvalue weighted by Gasteiger charge is 2.10. The van der Waals surface area contributed by atoms with E-state index in [0.29, 0.717) is 5.02 Å². The van der Waals surface area contributed by atoms with E-state index >= 15 is 0 Å². The van der Waals surface area contributed by atoms with Crippen molar-refractivity contribution in [1.29, 1.82) is 5.26 Å². The number of amides is 1. The van der Waals surface area contributed by atoms with Gasteiger partial charge in [-0.15, -0.1) is 0 Å². The molecule has 0 fully saturated rings. The zero-order valence-electron chi connectivity index (χ0n) is 6.41. The molecule has 0 radical (unpaired) electrons. The number of nitrogens with one attached hydrogen (secondary N) is 1. The van der Waals surface area contributed by atoms with Crippen LogP contribution in [-0.2, 0) is 0 Å². The molecule has 0 saturated carbocycles. The van der Waals surface area contributed by atoms with Gasteiger partial charge in [0.2, 0.25) is 0 Å². The van der Waals surface area contributed by atoms with Gasteiger partial charge in [-0.2, -0.15) is 5.26 Å². The van der Waals surface area contributed by atoms with Crippen LogP contribution in [-0.4, -0.2) is 11.0 Å². The van der Waals surface area contributed by atoms with Crippen molar-refractivity contribution in [2.24, 2.45) is 0 Å². The van der Waals surface area contributed by atoms with Gasteiger partial charge in [0.15, 0.2) is 6.19 Å². The Balaban J connectivity index is 3.07. The van der Waals surface area contributed by atoms with Crippen molar-refractivity contribution in [3.05, 3.63) is 28.8 Å². The summed E-state index contributed by atoms with van der Waals surface area (Å²) in [5.41, 5.74) is -0.0194. The maximum Gasteiger partial charge on any atom is 0.268 e. The van der Waals surface area contributed by atoms with E-state index in [-0.39, 0.29) is 11.3 Å². The van der Waals surface area contributed by atoms with Gasteiger partial charge in [-0.1, -0.05) is 11.6 Å². The quantitative estimate of drug-likeness (QED) is 0.525. The lowest BCUT2D eigenvalue weighted by Crippen LogP contribution is -2.17. The fraction of sp³-hybridized carbons (Fsp3) is 0. The molecule has 1 aromatic rings. The summed E-state index contributed by atoms with van der Waals surface area (Å²) in [4.78, 5) is 11.1. The third-order valence-corrected chi connectivity index (χ3v) is 1.61. The number of hydrogen-bond donors (Lipinski definition) is 2. The molecule has 0 aliphatic rings. The Morgan fingerprint density at radius 2 is 2.31 bits per heavy atom. The first-order valence-electron chi connectivity index (χ1n) is 3.33. The van der Waals surface area contributed by atoms with Gasteiger partial charge in [0.05, 0.1) is 5.56 Å². The second-order valence-corrected chi connectivity index (χ2v) is 2.66. The molecular weight excluding hydrogens is 192 g/mol. The molecule has 5 heteroatoms. The molecule has 0 bridgehead atoms. The molecule has 0 aliphatic carbocycles. The maximum absolute atomic E-state index is 11.1. The smallest absolute Gasteiger partial charge is 0.268 e. The first kappa shape index (κ1) is 9.36. The van der Waals surface area contributed by atoms with Crippen LogP contribution in [0.3, 0.4) is 0 Å². The third-order valence-electron chi connectivity index (χ3n) is 1.37. The summed E-state index contributed by atoms with van der Waals surface area (Å²) < 4.78 is 0. The number of phenolic OH excluding ortho intramolecular Hbond substituents is 1. The van der Waals surface area contributed by atoms with E-state index in [1.54, 1.807) is 0 Å². The van der Waals surface area contributed by atoms with E-state index in [9.17, 15) is 9.90 Å². The number of rotatable bonds is 1. The predicted octanol–water partition coefficient (Wildman–Crippen LogP) is 1.26. The zero-order chi connectivity index (χ0) is 9.84. The molecule has 0 heterocycles. The summed E-state index contributed by atoms with van der Waals surface area (Å²) in [6.45, 7) is 0. The number of nitrogens with zero attached hydrogens (tertiary/aromatic N) is 1. The first-order chi connectivity index (χ1) is 6.15. The van der Waals surface area contributed by atoms with Crippen molar-refractivity contribution < 1.29 is 9.90 Å². The Kier molecular flexibility index (Phi) is 2.72. The third kappa shape index (κ3) is 2.10. The van der Waals surface area contributed by atoms with Crippen LogP contribution in [0.2, 0.25) is 5.02 Å². The molecule has 1 rings (SSSR count). The van der Waals surface area contributed by atoms with Gasteiger partial charge in [-0.25, -0.2) is 0 Å². The Morgan fingerprint density at radius 1 is 1.62 bits per heavy atom. The Bertz CT molecular complexity index is 384. The maximum atomic E-state index is 11.1. The van der Waals surface area contributed by atoms with Crippen LogP contribution in [0.4, 0.5) is 0 Å². The Hall–Kier alpha value is -1.73. The molecule has 1 aromatic carbocycles. The van der Waals surface area contributed by atoms with E-state index in [1.165, 1.54) is 24.4 Å². The largest absolute Gasteiger partial charge is 0.507 e. The van der Waals surface area contributed by atoms with Crippen LogP contribution in [0.15, 0.2) is 18.2 Å². The van der Waals surface area contributed by atoms with Crippen molar-refractivity contribution in [1.82, 2.24) is 5.32 Å². The average Bonchev–Trinajstić information content (AvgIpc) is 2.09. The summed E-state index contributed by atoms with van der Waals surface area (Å²) >= 11 is 5.59. The number of nitriles is 1. The van der Waals surface area contributed by atoms with Crippen LogP contribution in [0.1, 0.15) is 10.4 Å². The Labute approximate surface area is 79.4 Å². The van der Waals surface area contributed by atoms with Crippen LogP contribution in [0, 0.1) is 11.5 Å². The lowest BCUT2D eigenvalue weighted by Gasteiger charge is -2.01. The van der Waals surface area contributed by atoms with Gasteiger partial charge in [0, 0.05) is 5.02 Å². The molecule has 13 heavy (non-hydrogen) atoms. The summed E-state index contributed by atoms with van der Waals surface area (Å²) in [7, 11) is 0.